The van der Waals surface area contributed by atoms with E-state index < -0.39 is 0 Å². The number of alkyl halides is 1. The van der Waals surface area contributed by atoms with E-state index in [2.05, 4.69) is 5.32 Å². The van der Waals surface area contributed by atoms with Crippen molar-refractivity contribution in [2.75, 3.05) is 12.4 Å². The van der Waals surface area contributed by atoms with Crippen molar-refractivity contribution in [2.24, 2.45) is 0 Å². The van der Waals surface area contributed by atoms with E-state index in [1.165, 1.54) is 0 Å². The summed E-state index contributed by atoms with van der Waals surface area (Å²) in [6.45, 7) is 0.646. The second-order valence-corrected chi connectivity index (χ2v) is 3.48. The fourth-order valence-corrected chi connectivity index (χ4v) is 1.30. The van der Waals surface area contributed by atoms with Crippen molar-refractivity contribution in [3.8, 4) is 0 Å². The number of halogens is 1. The van der Waals surface area contributed by atoms with E-state index in [0.29, 0.717) is 6.54 Å². The molecule has 4 heteroatoms. The van der Waals surface area contributed by atoms with E-state index in [1.54, 1.807) is 0 Å². The molecule has 0 fully saturated rings. The molecule has 3 nitrogen and oxygen atoms in total. The van der Waals surface area contributed by atoms with Gasteiger partial charge >= 0.3 is 0 Å². The van der Waals surface area contributed by atoms with Gasteiger partial charge in [-0.2, -0.15) is 0 Å². The lowest BCUT2D eigenvalue weighted by Crippen LogP contribution is -2.26. The second kappa shape index (κ2) is 6.43. The molecule has 0 aliphatic rings. The SMILES string of the molecule is O=C(CCl)NCCc1ccc(CO)cc1. The Morgan fingerprint density at radius 1 is 1.27 bits per heavy atom. The summed E-state index contributed by atoms with van der Waals surface area (Å²) in [4.78, 5) is 10.8. The topological polar surface area (TPSA) is 49.3 Å². The summed E-state index contributed by atoms with van der Waals surface area (Å²) in [5, 5.41) is 11.5. The van der Waals surface area contributed by atoms with Crippen molar-refractivity contribution in [1.82, 2.24) is 5.32 Å². The lowest BCUT2D eigenvalue weighted by Gasteiger charge is -2.04. The number of carbonyl (C=O) groups excluding carboxylic acids is 1. The number of amides is 1. The first kappa shape index (κ1) is 12.0. The van der Waals surface area contributed by atoms with Gasteiger partial charge in [-0.15, -0.1) is 11.6 Å². The normalized spacial score (nSPS) is 10.0. The van der Waals surface area contributed by atoms with E-state index in [1.807, 2.05) is 24.3 Å². The summed E-state index contributed by atoms with van der Waals surface area (Å²) in [5.74, 6) is -0.146. The second-order valence-electron chi connectivity index (χ2n) is 3.21. The Kier molecular flexibility index (Phi) is 5.15. The van der Waals surface area contributed by atoms with Crippen LogP contribution in [0.4, 0.5) is 0 Å². The molecule has 0 heterocycles. The van der Waals surface area contributed by atoms with Gasteiger partial charge in [0.2, 0.25) is 5.91 Å². The number of benzene rings is 1. The molecule has 0 saturated carbocycles. The van der Waals surface area contributed by atoms with Gasteiger partial charge < -0.3 is 10.4 Å². The molecule has 0 unspecified atom stereocenters. The number of aliphatic hydroxyl groups is 1. The minimum absolute atomic E-state index is 0.00342. The molecular formula is C11H14ClNO2. The summed E-state index contributed by atoms with van der Waals surface area (Å²) in [6.07, 6.45) is 0.772. The third-order valence-corrected chi connectivity index (χ3v) is 2.31. The van der Waals surface area contributed by atoms with Gasteiger partial charge in [0, 0.05) is 6.54 Å². The first-order valence-electron chi connectivity index (χ1n) is 4.77. The van der Waals surface area contributed by atoms with Gasteiger partial charge in [-0.25, -0.2) is 0 Å². The average Bonchev–Trinajstić information content (AvgIpc) is 2.29. The number of aliphatic hydroxyl groups excluding tert-OH is 1. The van der Waals surface area contributed by atoms with Crippen LogP contribution in [0.3, 0.4) is 0 Å². The maximum absolute atomic E-state index is 10.8. The third-order valence-electron chi connectivity index (χ3n) is 2.06. The van der Waals surface area contributed by atoms with E-state index in [-0.39, 0.29) is 18.4 Å². The van der Waals surface area contributed by atoms with Crippen LogP contribution >= 0.6 is 11.6 Å². The number of hydrogen-bond donors (Lipinski definition) is 2. The molecule has 15 heavy (non-hydrogen) atoms. The van der Waals surface area contributed by atoms with Gasteiger partial charge in [0.1, 0.15) is 5.88 Å². The number of rotatable bonds is 5. The smallest absolute Gasteiger partial charge is 0.234 e. The van der Waals surface area contributed by atoms with Crippen molar-refractivity contribution >= 4 is 17.5 Å². The monoisotopic (exact) mass is 227 g/mol. The van der Waals surface area contributed by atoms with Crippen LogP contribution in [0.25, 0.3) is 0 Å². The van der Waals surface area contributed by atoms with Gasteiger partial charge in [-0.05, 0) is 17.5 Å². The minimum Gasteiger partial charge on any atom is -0.392 e. The summed E-state index contributed by atoms with van der Waals surface area (Å²) < 4.78 is 0. The van der Waals surface area contributed by atoms with Crippen molar-refractivity contribution in [3.05, 3.63) is 35.4 Å². The van der Waals surface area contributed by atoms with E-state index >= 15 is 0 Å². The maximum atomic E-state index is 10.8. The predicted octanol–water partition coefficient (Wildman–Crippen LogP) is 1.08. The Hall–Kier alpha value is -1.06. The van der Waals surface area contributed by atoms with Crippen LogP contribution in [0.2, 0.25) is 0 Å². The molecule has 1 aromatic carbocycles. The molecule has 0 atom stereocenters. The van der Waals surface area contributed by atoms with Crippen LogP contribution in [0.5, 0.6) is 0 Å². The summed E-state index contributed by atoms with van der Waals surface area (Å²) in [6, 6.07) is 7.63. The molecule has 0 aliphatic heterocycles. The van der Waals surface area contributed by atoms with Crippen molar-refractivity contribution in [2.45, 2.75) is 13.0 Å². The largest absolute Gasteiger partial charge is 0.392 e. The van der Waals surface area contributed by atoms with Gasteiger partial charge in [0.15, 0.2) is 0 Å². The fourth-order valence-electron chi connectivity index (χ4n) is 1.20. The number of nitrogens with one attached hydrogen (secondary N) is 1. The average molecular weight is 228 g/mol. The highest BCUT2D eigenvalue weighted by Gasteiger charge is 1.98. The Morgan fingerprint density at radius 2 is 1.87 bits per heavy atom. The maximum Gasteiger partial charge on any atom is 0.234 e. The van der Waals surface area contributed by atoms with E-state index in [9.17, 15) is 4.79 Å². The number of hydrogen-bond acceptors (Lipinski definition) is 2. The Morgan fingerprint density at radius 3 is 2.40 bits per heavy atom. The molecule has 1 aromatic rings. The van der Waals surface area contributed by atoms with Gasteiger partial charge in [0.05, 0.1) is 6.61 Å². The zero-order valence-electron chi connectivity index (χ0n) is 8.37. The number of carbonyl (C=O) groups is 1. The van der Waals surface area contributed by atoms with Crippen molar-refractivity contribution in [1.29, 1.82) is 0 Å². The van der Waals surface area contributed by atoms with Crippen molar-refractivity contribution in [3.63, 3.8) is 0 Å². The van der Waals surface area contributed by atoms with E-state index in [4.69, 9.17) is 16.7 Å². The zero-order chi connectivity index (χ0) is 11.1. The molecule has 1 rings (SSSR count). The first-order chi connectivity index (χ1) is 7.26. The quantitative estimate of drug-likeness (QED) is 0.740. The predicted molar refractivity (Wildman–Crippen MR) is 59.8 cm³/mol. The zero-order valence-corrected chi connectivity index (χ0v) is 9.13. The molecule has 0 aliphatic carbocycles. The molecular weight excluding hydrogens is 214 g/mol. The molecule has 0 aromatic heterocycles. The van der Waals surface area contributed by atoms with Crippen molar-refractivity contribution < 1.29 is 9.90 Å². The summed E-state index contributed by atoms with van der Waals surface area (Å²) in [5.41, 5.74) is 2.02. The molecule has 0 radical (unpaired) electrons. The molecule has 0 bridgehead atoms. The van der Waals surface area contributed by atoms with Crippen LogP contribution < -0.4 is 5.32 Å². The molecule has 0 spiro atoms. The van der Waals surface area contributed by atoms with Gasteiger partial charge in [-0.3, -0.25) is 4.79 Å². The van der Waals surface area contributed by atoms with Crippen LogP contribution in [0, 0.1) is 0 Å². The first-order valence-corrected chi connectivity index (χ1v) is 5.31. The Labute approximate surface area is 94.1 Å². The third kappa shape index (κ3) is 4.32. The fraction of sp³-hybridized carbons (Fsp3) is 0.364. The van der Waals surface area contributed by atoms with Crippen LogP contribution in [-0.4, -0.2) is 23.4 Å². The summed E-state index contributed by atoms with van der Waals surface area (Å²) >= 11 is 5.33. The summed E-state index contributed by atoms with van der Waals surface area (Å²) in [7, 11) is 0. The van der Waals surface area contributed by atoms with Gasteiger partial charge in [-0.1, -0.05) is 24.3 Å². The lowest BCUT2D eigenvalue weighted by atomic mass is 10.1. The Bertz CT molecular complexity index is 311. The standard InChI is InChI=1S/C11H14ClNO2/c12-7-11(15)13-6-5-9-1-3-10(8-14)4-2-9/h1-4,14H,5-8H2,(H,13,15). The van der Waals surface area contributed by atoms with Crippen LogP contribution in [0.15, 0.2) is 24.3 Å². The highest BCUT2D eigenvalue weighted by atomic mass is 35.5. The molecule has 1 amide bonds. The minimum atomic E-state index is -0.149. The molecule has 82 valence electrons. The van der Waals surface area contributed by atoms with Crippen LogP contribution in [0.1, 0.15) is 11.1 Å². The molecule has 2 N–H and O–H groups in total. The highest BCUT2D eigenvalue weighted by molar-refractivity contribution is 6.27. The highest BCUT2D eigenvalue weighted by Crippen LogP contribution is 2.04. The van der Waals surface area contributed by atoms with E-state index in [0.717, 1.165) is 17.5 Å². The Balaban J connectivity index is 2.34. The molecule has 0 saturated heterocycles. The van der Waals surface area contributed by atoms with Gasteiger partial charge in [0.25, 0.3) is 0 Å². The van der Waals surface area contributed by atoms with Crippen LogP contribution in [-0.2, 0) is 17.8 Å². The lowest BCUT2D eigenvalue weighted by molar-refractivity contribution is -0.118.